The molecule has 2 heterocycles. The van der Waals surface area contributed by atoms with Gasteiger partial charge in [-0.05, 0) is 28.1 Å². The standard InChI is InChI=1S/C18H10BrNS/c19-14-6-3-5-11-12-8-9-13-10-4-1-2-7-15(10)21-18(13)17(12)20-16(11)14/h1-9,20H. The van der Waals surface area contributed by atoms with Crippen LogP contribution in [0.25, 0.3) is 42.0 Å². The van der Waals surface area contributed by atoms with Crippen molar-refractivity contribution in [1.82, 2.24) is 4.98 Å². The molecule has 1 N–H and O–H groups in total. The van der Waals surface area contributed by atoms with Crippen LogP contribution in [-0.4, -0.2) is 4.98 Å². The topological polar surface area (TPSA) is 15.8 Å². The summed E-state index contributed by atoms with van der Waals surface area (Å²) in [6.45, 7) is 0. The van der Waals surface area contributed by atoms with E-state index >= 15 is 0 Å². The first kappa shape index (κ1) is 11.8. The second kappa shape index (κ2) is 4.09. The highest BCUT2D eigenvalue weighted by Crippen LogP contribution is 2.40. The quantitative estimate of drug-likeness (QED) is 0.330. The molecule has 3 heteroatoms. The zero-order valence-electron chi connectivity index (χ0n) is 11.0. The number of benzene rings is 3. The van der Waals surface area contributed by atoms with Gasteiger partial charge in [0, 0.05) is 30.7 Å². The van der Waals surface area contributed by atoms with E-state index in [2.05, 4.69) is 75.5 Å². The van der Waals surface area contributed by atoms with E-state index in [-0.39, 0.29) is 0 Å². The minimum atomic E-state index is 1.12. The third kappa shape index (κ3) is 1.50. The molecule has 5 rings (SSSR count). The first-order valence-corrected chi connectivity index (χ1v) is 8.44. The molecule has 0 saturated carbocycles. The van der Waals surface area contributed by atoms with E-state index in [1.54, 1.807) is 0 Å². The van der Waals surface area contributed by atoms with Crippen molar-refractivity contribution in [2.75, 3.05) is 0 Å². The van der Waals surface area contributed by atoms with E-state index in [0.717, 1.165) is 4.47 Å². The van der Waals surface area contributed by atoms with E-state index in [9.17, 15) is 0 Å². The molecule has 0 aliphatic rings. The molecule has 0 radical (unpaired) electrons. The summed E-state index contributed by atoms with van der Waals surface area (Å²) in [6, 6.07) is 19.5. The lowest BCUT2D eigenvalue weighted by molar-refractivity contribution is 1.55. The number of para-hydroxylation sites is 1. The molecule has 21 heavy (non-hydrogen) atoms. The highest BCUT2D eigenvalue weighted by Gasteiger charge is 2.12. The van der Waals surface area contributed by atoms with Crippen molar-refractivity contribution >= 4 is 69.2 Å². The number of aromatic nitrogens is 1. The fraction of sp³-hybridized carbons (Fsp3) is 0. The van der Waals surface area contributed by atoms with Crippen molar-refractivity contribution in [3.63, 3.8) is 0 Å². The number of hydrogen-bond donors (Lipinski definition) is 1. The van der Waals surface area contributed by atoms with Crippen LogP contribution in [0.4, 0.5) is 0 Å². The molecular weight excluding hydrogens is 342 g/mol. The Bertz CT molecular complexity index is 1150. The van der Waals surface area contributed by atoms with Crippen LogP contribution >= 0.6 is 27.3 Å². The van der Waals surface area contributed by atoms with Gasteiger partial charge in [-0.3, -0.25) is 0 Å². The van der Waals surface area contributed by atoms with Crippen LogP contribution in [0.1, 0.15) is 0 Å². The second-order valence-corrected chi connectivity index (χ2v) is 7.16. The zero-order chi connectivity index (χ0) is 14.0. The van der Waals surface area contributed by atoms with E-state index in [1.807, 2.05) is 11.3 Å². The smallest absolute Gasteiger partial charge is 0.0646 e. The molecule has 3 aromatic carbocycles. The average molecular weight is 352 g/mol. The van der Waals surface area contributed by atoms with Crippen molar-refractivity contribution in [2.45, 2.75) is 0 Å². The average Bonchev–Trinajstić information content (AvgIpc) is 3.06. The van der Waals surface area contributed by atoms with Crippen LogP contribution < -0.4 is 0 Å². The number of rotatable bonds is 0. The summed E-state index contributed by atoms with van der Waals surface area (Å²) in [6.07, 6.45) is 0. The third-order valence-electron chi connectivity index (χ3n) is 4.10. The number of halogens is 1. The summed E-state index contributed by atoms with van der Waals surface area (Å²) in [5, 5.41) is 5.26. The van der Waals surface area contributed by atoms with Crippen LogP contribution in [0, 0.1) is 0 Å². The van der Waals surface area contributed by atoms with Gasteiger partial charge in [0.2, 0.25) is 0 Å². The number of hydrogen-bond acceptors (Lipinski definition) is 1. The number of aromatic amines is 1. The van der Waals surface area contributed by atoms with Crippen molar-refractivity contribution in [1.29, 1.82) is 0 Å². The lowest BCUT2D eigenvalue weighted by atomic mass is 10.1. The van der Waals surface area contributed by atoms with Gasteiger partial charge >= 0.3 is 0 Å². The van der Waals surface area contributed by atoms with E-state index in [0.29, 0.717) is 0 Å². The fourth-order valence-corrected chi connectivity index (χ4v) is 4.81. The molecular formula is C18H10BrNS. The Kier molecular flexibility index (Phi) is 2.29. The van der Waals surface area contributed by atoms with Crippen molar-refractivity contribution in [3.8, 4) is 0 Å². The number of H-pyrrole nitrogens is 1. The minimum absolute atomic E-state index is 1.12. The van der Waals surface area contributed by atoms with Gasteiger partial charge in [0.25, 0.3) is 0 Å². The highest BCUT2D eigenvalue weighted by molar-refractivity contribution is 9.10. The molecule has 5 aromatic rings. The SMILES string of the molecule is Brc1cccc2c1[nH]c1c2ccc2c3ccccc3sc21. The zero-order valence-corrected chi connectivity index (χ0v) is 13.4. The predicted octanol–water partition coefficient (Wildman–Crippen LogP) is 6.45. The Balaban J connectivity index is 2.09. The summed E-state index contributed by atoms with van der Waals surface area (Å²) in [5.41, 5.74) is 2.42. The Morgan fingerprint density at radius 1 is 0.714 bits per heavy atom. The normalized spacial score (nSPS) is 12.0. The van der Waals surface area contributed by atoms with Crippen LogP contribution in [0.3, 0.4) is 0 Å². The first-order chi connectivity index (χ1) is 10.3. The molecule has 0 aliphatic heterocycles. The second-order valence-electron chi connectivity index (χ2n) is 5.25. The summed E-state index contributed by atoms with van der Waals surface area (Å²) in [7, 11) is 0. The van der Waals surface area contributed by atoms with Gasteiger partial charge in [-0.15, -0.1) is 11.3 Å². The van der Waals surface area contributed by atoms with Crippen LogP contribution in [0.5, 0.6) is 0 Å². The van der Waals surface area contributed by atoms with Crippen LogP contribution in [0.2, 0.25) is 0 Å². The number of thiophene rings is 1. The molecule has 0 saturated heterocycles. The summed E-state index contributed by atoms with van der Waals surface area (Å²) in [5.74, 6) is 0. The molecule has 0 fully saturated rings. The van der Waals surface area contributed by atoms with E-state index in [4.69, 9.17) is 0 Å². The lowest BCUT2D eigenvalue weighted by Gasteiger charge is -1.94. The molecule has 0 amide bonds. The summed E-state index contributed by atoms with van der Waals surface area (Å²) < 4.78 is 3.81. The van der Waals surface area contributed by atoms with Gasteiger partial charge in [0.05, 0.1) is 15.7 Å². The Morgan fingerprint density at radius 2 is 1.48 bits per heavy atom. The van der Waals surface area contributed by atoms with Crippen LogP contribution in [0.15, 0.2) is 59.1 Å². The number of fused-ring (bicyclic) bond motifs is 7. The molecule has 0 atom stereocenters. The largest absolute Gasteiger partial charge is 0.352 e. The van der Waals surface area contributed by atoms with Gasteiger partial charge in [-0.2, -0.15) is 0 Å². The van der Waals surface area contributed by atoms with Gasteiger partial charge in [0.1, 0.15) is 0 Å². The van der Waals surface area contributed by atoms with E-state index in [1.165, 1.54) is 42.0 Å². The molecule has 100 valence electrons. The molecule has 0 bridgehead atoms. The maximum absolute atomic E-state index is 3.65. The summed E-state index contributed by atoms with van der Waals surface area (Å²) >= 11 is 5.51. The third-order valence-corrected chi connectivity index (χ3v) is 5.97. The van der Waals surface area contributed by atoms with Gasteiger partial charge in [-0.1, -0.05) is 42.5 Å². The van der Waals surface area contributed by atoms with Gasteiger partial charge < -0.3 is 4.98 Å². The molecule has 0 spiro atoms. The number of nitrogens with one attached hydrogen (secondary N) is 1. The first-order valence-electron chi connectivity index (χ1n) is 6.83. The minimum Gasteiger partial charge on any atom is -0.352 e. The van der Waals surface area contributed by atoms with Crippen molar-refractivity contribution in [3.05, 3.63) is 59.1 Å². The maximum atomic E-state index is 3.65. The van der Waals surface area contributed by atoms with E-state index < -0.39 is 0 Å². The predicted molar refractivity (Wildman–Crippen MR) is 96.4 cm³/mol. The Morgan fingerprint density at radius 3 is 2.43 bits per heavy atom. The molecule has 2 aromatic heterocycles. The Hall–Kier alpha value is -1.84. The highest BCUT2D eigenvalue weighted by atomic mass is 79.9. The molecule has 0 aliphatic carbocycles. The van der Waals surface area contributed by atoms with Gasteiger partial charge in [0.15, 0.2) is 0 Å². The maximum Gasteiger partial charge on any atom is 0.0646 e. The Labute approximate surface area is 133 Å². The monoisotopic (exact) mass is 351 g/mol. The lowest BCUT2D eigenvalue weighted by Crippen LogP contribution is -1.69. The molecule has 0 unspecified atom stereocenters. The van der Waals surface area contributed by atoms with Crippen LogP contribution in [-0.2, 0) is 0 Å². The fourth-order valence-electron chi connectivity index (χ4n) is 3.14. The van der Waals surface area contributed by atoms with Crippen molar-refractivity contribution < 1.29 is 0 Å². The molecule has 1 nitrogen and oxygen atoms in total. The van der Waals surface area contributed by atoms with Gasteiger partial charge in [-0.25, -0.2) is 0 Å². The summed E-state index contributed by atoms with van der Waals surface area (Å²) in [4.78, 5) is 3.61. The van der Waals surface area contributed by atoms with Crippen molar-refractivity contribution in [2.24, 2.45) is 0 Å².